The van der Waals surface area contributed by atoms with E-state index in [4.69, 9.17) is 21.1 Å². The number of H-pyrrole nitrogens is 1. The predicted octanol–water partition coefficient (Wildman–Crippen LogP) is 5.02. The summed E-state index contributed by atoms with van der Waals surface area (Å²) in [7, 11) is 1.56. The number of nitrogens with zero attached hydrogens (tertiary/aromatic N) is 1. The minimum atomic E-state index is -0.361. The largest absolute Gasteiger partial charge is 0.493 e. The quantitative estimate of drug-likeness (QED) is 0.370. The summed E-state index contributed by atoms with van der Waals surface area (Å²) in [6.45, 7) is 2.35. The molecule has 3 aromatic rings. The van der Waals surface area contributed by atoms with Crippen molar-refractivity contribution in [2.75, 3.05) is 13.7 Å². The van der Waals surface area contributed by atoms with Gasteiger partial charge in [-0.05, 0) is 42.8 Å². The zero-order chi connectivity index (χ0) is 19.4. The summed E-state index contributed by atoms with van der Waals surface area (Å²) in [5.74, 6) is 0.785. The molecule has 0 atom stereocenters. The fourth-order valence-electron chi connectivity index (χ4n) is 2.80. The first-order chi connectivity index (χ1) is 13.1. The first-order valence-electron chi connectivity index (χ1n) is 8.31. The van der Waals surface area contributed by atoms with Crippen LogP contribution in [0.5, 0.6) is 11.5 Å². The predicted molar refractivity (Wildman–Crippen MR) is 105 cm³/mol. The van der Waals surface area contributed by atoms with Crippen molar-refractivity contribution >= 4 is 34.4 Å². The summed E-state index contributed by atoms with van der Waals surface area (Å²) in [5.41, 5.74) is 1.87. The van der Waals surface area contributed by atoms with E-state index in [1.54, 1.807) is 55.8 Å². The van der Waals surface area contributed by atoms with Gasteiger partial charge in [-0.3, -0.25) is 4.79 Å². The van der Waals surface area contributed by atoms with Crippen LogP contribution < -0.4 is 9.47 Å². The van der Waals surface area contributed by atoms with Gasteiger partial charge in [-0.25, -0.2) is 0 Å². The topological polar surface area (TPSA) is 75.1 Å². The molecular formula is C21H17ClN2O3. The number of carbonyl (C=O) groups is 1. The third kappa shape index (κ3) is 3.81. The third-order valence-corrected chi connectivity index (χ3v) is 4.29. The second kappa shape index (κ2) is 7.98. The van der Waals surface area contributed by atoms with Gasteiger partial charge >= 0.3 is 0 Å². The van der Waals surface area contributed by atoms with E-state index in [2.05, 4.69) is 4.98 Å². The maximum absolute atomic E-state index is 12.9. The SMILES string of the molecule is CCOc1cc(/C=C(\C#N)C(=O)c2c[nH]c3cc(Cl)ccc23)ccc1OC. The molecule has 0 amide bonds. The summed E-state index contributed by atoms with van der Waals surface area (Å²) in [5, 5.41) is 10.8. The standard InChI is InChI=1S/C21H17ClN2O3/c1-3-27-20-9-13(4-7-19(20)26-2)8-14(11-23)21(25)17-12-24-18-10-15(22)5-6-16(17)18/h4-10,12,24H,3H2,1-2H3/b14-8+. The molecule has 1 heterocycles. The van der Waals surface area contributed by atoms with Crippen molar-refractivity contribution in [3.8, 4) is 17.6 Å². The lowest BCUT2D eigenvalue weighted by Gasteiger charge is -2.09. The molecular weight excluding hydrogens is 364 g/mol. The highest BCUT2D eigenvalue weighted by Gasteiger charge is 2.17. The van der Waals surface area contributed by atoms with Gasteiger partial charge in [0, 0.05) is 27.7 Å². The highest BCUT2D eigenvalue weighted by atomic mass is 35.5. The van der Waals surface area contributed by atoms with E-state index in [-0.39, 0.29) is 11.4 Å². The number of allylic oxidation sites excluding steroid dienone is 1. The number of methoxy groups -OCH3 is 1. The number of carbonyl (C=O) groups excluding carboxylic acids is 1. The van der Waals surface area contributed by atoms with Gasteiger partial charge in [0.05, 0.1) is 13.7 Å². The molecule has 0 radical (unpaired) electrons. The number of hydrogen-bond donors (Lipinski definition) is 1. The maximum atomic E-state index is 12.9. The van der Waals surface area contributed by atoms with Gasteiger partial charge in [0.15, 0.2) is 11.5 Å². The number of halogens is 1. The third-order valence-electron chi connectivity index (χ3n) is 4.05. The van der Waals surface area contributed by atoms with Crippen LogP contribution in [0.1, 0.15) is 22.8 Å². The average Bonchev–Trinajstić information content (AvgIpc) is 3.09. The van der Waals surface area contributed by atoms with Crippen LogP contribution in [-0.2, 0) is 0 Å². The molecule has 1 aromatic heterocycles. The van der Waals surface area contributed by atoms with Crippen LogP contribution >= 0.6 is 11.6 Å². The monoisotopic (exact) mass is 380 g/mol. The maximum Gasteiger partial charge on any atom is 0.205 e. The Hall–Kier alpha value is -3.23. The molecule has 0 aliphatic heterocycles. The Labute approximate surface area is 161 Å². The Bertz CT molecular complexity index is 1080. The lowest BCUT2D eigenvalue weighted by molar-refractivity contribution is 0.104. The summed E-state index contributed by atoms with van der Waals surface area (Å²) in [4.78, 5) is 15.9. The summed E-state index contributed by atoms with van der Waals surface area (Å²) >= 11 is 5.98. The number of aromatic nitrogens is 1. The van der Waals surface area contributed by atoms with Crippen molar-refractivity contribution in [3.05, 3.63) is 64.3 Å². The van der Waals surface area contributed by atoms with E-state index in [9.17, 15) is 10.1 Å². The van der Waals surface area contributed by atoms with Crippen molar-refractivity contribution in [2.45, 2.75) is 6.92 Å². The normalized spacial score (nSPS) is 11.3. The van der Waals surface area contributed by atoms with Crippen molar-refractivity contribution in [1.82, 2.24) is 4.98 Å². The zero-order valence-corrected chi connectivity index (χ0v) is 15.6. The number of fused-ring (bicyclic) bond motifs is 1. The Kier molecular flexibility index (Phi) is 5.49. The second-order valence-electron chi connectivity index (χ2n) is 5.73. The number of aromatic amines is 1. The van der Waals surface area contributed by atoms with Crippen LogP contribution in [0, 0.1) is 11.3 Å². The van der Waals surface area contributed by atoms with Crippen LogP contribution in [-0.4, -0.2) is 24.5 Å². The molecule has 0 aliphatic rings. The van der Waals surface area contributed by atoms with Crippen LogP contribution in [0.4, 0.5) is 0 Å². The molecule has 0 unspecified atom stereocenters. The molecule has 0 aliphatic carbocycles. The lowest BCUT2D eigenvalue weighted by Crippen LogP contribution is -2.01. The van der Waals surface area contributed by atoms with Crippen LogP contribution in [0.3, 0.4) is 0 Å². The molecule has 3 rings (SSSR count). The first-order valence-corrected chi connectivity index (χ1v) is 8.69. The van der Waals surface area contributed by atoms with E-state index in [1.807, 2.05) is 13.0 Å². The molecule has 0 bridgehead atoms. The number of nitrogens with one attached hydrogen (secondary N) is 1. The van der Waals surface area contributed by atoms with Gasteiger partial charge in [0.25, 0.3) is 0 Å². The average molecular weight is 381 g/mol. The molecule has 27 heavy (non-hydrogen) atoms. The second-order valence-corrected chi connectivity index (χ2v) is 6.17. The van der Waals surface area contributed by atoms with Crippen LogP contribution in [0.25, 0.3) is 17.0 Å². The van der Waals surface area contributed by atoms with Crippen LogP contribution in [0.15, 0.2) is 48.2 Å². The van der Waals surface area contributed by atoms with Crippen molar-refractivity contribution in [1.29, 1.82) is 5.26 Å². The van der Waals surface area contributed by atoms with Gasteiger partial charge < -0.3 is 14.5 Å². The Morgan fingerprint density at radius 3 is 2.78 bits per heavy atom. The molecule has 136 valence electrons. The molecule has 1 N–H and O–H groups in total. The molecule has 0 spiro atoms. The lowest BCUT2D eigenvalue weighted by atomic mass is 10.0. The smallest absolute Gasteiger partial charge is 0.205 e. The fourth-order valence-corrected chi connectivity index (χ4v) is 2.97. The van der Waals surface area contributed by atoms with E-state index in [1.165, 1.54) is 0 Å². The summed E-state index contributed by atoms with van der Waals surface area (Å²) in [6, 6.07) is 12.4. The van der Waals surface area contributed by atoms with E-state index in [0.717, 1.165) is 10.9 Å². The minimum Gasteiger partial charge on any atom is -0.493 e. The number of rotatable bonds is 6. The number of nitriles is 1. The van der Waals surface area contributed by atoms with Gasteiger partial charge in [0.2, 0.25) is 5.78 Å². The van der Waals surface area contributed by atoms with E-state index >= 15 is 0 Å². The van der Waals surface area contributed by atoms with Gasteiger partial charge in [-0.1, -0.05) is 23.7 Å². The molecule has 5 nitrogen and oxygen atoms in total. The number of Topliss-reactive ketones (excluding diaryl/α,β-unsaturated/α-hetero) is 1. The highest BCUT2D eigenvalue weighted by Crippen LogP contribution is 2.30. The summed E-state index contributed by atoms with van der Waals surface area (Å²) < 4.78 is 10.8. The Morgan fingerprint density at radius 1 is 1.26 bits per heavy atom. The molecule has 0 saturated carbocycles. The van der Waals surface area contributed by atoms with Gasteiger partial charge in [0.1, 0.15) is 11.6 Å². The van der Waals surface area contributed by atoms with Crippen molar-refractivity contribution in [2.24, 2.45) is 0 Å². The summed E-state index contributed by atoms with van der Waals surface area (Å²) in [6.07, 6.45) is 3.13. The molecule has 2 aromatic carbocycles. The van der Waals surface area contributed by atoms with Gasteiger partial charge in [-0.15, -0.1) is 0 Å². The highest BCUT2D eigenvalue weighted by molar-refractivity contribution is 6.31. The van der Waals surface area contributed by atoms with E-state index < -0.39 is 0 Å². The fraction of sp³-hybridized carbons (Fsp3) is 0.143. The van der Waals surface area contributed by atoms with Crippen molar-refractivity contribution in [3.63, 3.8) is 0 Å². The van der Waals surface area contributed by atoms with E-state index in [0.29, 0.717) is 34.3 Å². The Morgan fingerprint density at radius 2 is 2.07 bits per heavy atom. The van der Waals surface area contributed by atoms with Crippen molar-refractivity contribution < 1.29 is 14.3 Å². The molecule has 0 fully saturated rings. The molecule has 6 heteroatoms. The first kappa shape index (κ1) is 18.6. The minimum absolute atomic E-state index is 0.0264. The number of benzene rings is 2. The number of ether oxygens (including phenoxy) is 2. The number of ketones is 1. The van der Waals surface area contributed by atoms with Crippen LogP contribution in [0.2, 0.25) is 5.02 Å². The number of hydrogen-bond acceptors (Lipinski definition) is 4. The zero-order valence-electron chi connectivity index (χ0n) is 14.9. The molecule has 0 saturated heterocycles. The Balaban J connectivity index is 2.00. The van der Waals surface area contributed by atoms with Gasteiger partial charge in [-0.2, -0.15) is 5.26 Å².